The van der Waals surface area contributed by atoms with Crippen molar-refractivity contribution >= 4 is 10.9 Å². The topological polar surface area (TPSA) is 111 Å². The summed E-state index contributed by atoms with van der Waals surface area (Å²) >= 11 is 0. The van der Waals surface area contributed by atoms with Crippen molar-refractivity contribution in [1.29, 1.82) is 0 Å². The Morgan fingerprint density at radius 1 is 1.03 bits per heavy atom. The molecule has 5 rings (SSSR count). The first kappa shape index (κ1) is 26.2. The number of aromatic nitrogens is 6. The number of benzene rings is 2. The number of H-pyrrole nitrogens is 1. The van der Waals surface area contributed by atoms with E-state index in [2.05, 4.69) is 30.4 Å². The van der Waals surface area contributed by atoms with Crippen molar-refractivity contribution in [3.63, 3.8) is 0 Å². The van der Waals surface area contributed by atoms with Gasteiger partial charge in [0.1, 0.15) is 11.8 Å². The number of nitrogens with zero attached hydrogens (tertiary/aromatic N) is 6. The Labute approximate surface area is 226 Å². The summed E-state index contributed by atoms with van der Waals surface area (Å²) in [6.45, 7) is 3.91. The van der Waals surface area contributed by atoms with Gasteiger partial charge in [0, 0.05) is 43.7 Å². The maximum absolute atomic E-state index is 13.7. The van der Waals surface area contributed by atoms with E-state index in [1.807, 2.05) is 73.8 Å². The summed E-state index contributed by atoms with van der Waals surface area (Å²) in [6.07, 6.45) is 3.58. The Bertz CT molecular complexity index is 1580. The van der Waals surface area contributed by atoms with E-state index in [0.717, 1.165) is 33.3 Å². The molecule has 10 heteroatoms. The molecule has 0 amide bonds. The normalized spacial score (nSPS) is 12.2. The lowest BCUT2D eigenvalue weighted by Gasteiger charge is -2.31. The maximum Gasteiger partial charge on any atom is 0.253 e. The standard InChI is InChI=1S/C29H31N7O3/c1-20-6-9-23-16-25(29(37)31-26(23)15-20)27(28-32-33-34-36(28)13-14-38-2)35(19-22-5-4-12-30-17-22)18-21-7-10-24(39-3)11-8-21/h4-12,15-17,27H,13-14,18-19H2,1-3H3,(H,31,37)/t27-/m0/s1. The first-order valence-electron chi connectivity index (χ1n) is 12.7. The van der Waals surface area contributed by atoms with Crippen molar-refractivity contribution in [2.24, 2.45) is 0 Å². The molecule has 2 aromatic carbocycles. The van der Waals surface area contributed by atoms with E-state index in [9.17, 15) is 4.79 Å². The maximum atomic E-state index is 13.7. The van der Waals surface area contributed by atoms with Crippen LogP contribution >= 0.6 is 0 Å². The van der Waals surface area contributed by atoms with Crippen molar-refractivity contribution in [1.82, 2.24) is 35.1 Å². The number of hydrogen-bond acceptors (Lipinski definition) is 8. The smallest absolute Gasteiger partial charge is 0.253 e. The third-order valence-electron chi connectivity index (χ3n) is 6.65. The first-order chi connectivity index (χ1) is 19.1. The fourth-order valence-corrected chi connectivity index (χ4v) is 4.71. The van der Waals surface area contributed by atoms with E-state index in [1.54, 1.807) is 25.1 Å². The minimum absolute atomic E-state index is 0.190. The van der Waals surface area contributed by atoms with Crippen LogP contribution in [0.1, 0.15) is 34.1 Å². The van der Waals surface area contributed by atoms with Gasteiger partial charge in [0.15, 0.2) is 5.82 Å². The lowest BCUT2D eigenvalue weighted by atomic mass is 10.0. The van der Waals surface area contributed by atoms with E-state index >= 15 is 0 Å². The summed E-state index contributed by atoms with van der Waals surface area (Å²) in [5, 5.41) is 13.6. The molecule has 0 radical (unpaired) electrons. The molecule has 200 valence electrons. The van der Waals surface area contributed by atoms with E-state index in [-0.39, 0.29) is 5.56 Å². The molecule has 0 aliphatic carbocycles. The second-order valence-corrected chi connectivity index (χ2v) is 9.41. The molecule has 0 saturated heterocycles. The number of tetrazole rings is 1. The number of aromatic amines is 1. The van der Waals surface area contributed by atoms with Gasteiger partial charge in [-0.1, -0.05) is 30.3 Å². The van der Waals surface area contributed by atoms with Gasteiger partial charge in [0.2, 0.25) is 0 Å². The summed E-state index contributed by atoms with van der Waals surface area (Å²) in [4.78, 5) is 23.3. The fraction of sp³-hybridized carbons (Fsp3) is 0.276. The number of ether oxygens (including phenoxy) is 2. The molecule has 3 heterocycles. The molecule has 0 unspecified atom stereocenters. The van der Waals surface area contributed by atoms with E-state index in [1.165, 1.54) is 0 Å². The highest BCUT2D eigenvalue weighted by atomic mass is 16.5. The summed E-state index contributed by atoms with van der Waals surface area (Å²) in [7, 11) is 3.28. The summed E-state index contributed by atoms with van der Waals surface area (Å²) in [5.74, 6) is 1.33. The second-order valence-electron chi connectivity index (χ2n) is 9.41. The summed E-state index contributed by atoms with van der Waals surface area (Å²) < 4.78 is 12.4. The van der Waals surface area contributed by atoms with Crippen molar-refractivity contribution in [2.75, 3.05) is 20.8 Å². The van der Waals surface area contributed by atoms with Gasteiger partial charge in [-0.25, -0.2) is 4.68 Å². The molecular weight excluding hydrogens is 494 g/mol. The number of pyridine rings is 2. The zero-order valence-corrected chi connectivity index (χ0v) is 22.2. The predicted molar refractivity (Wildman–Crippen MR) is 147 cm³/mol. The van der Waals surface area contributed by atoms with Crippen LogP contribution in [-0.4, -0.2) is 55.9 Å². The van der Waals surface area contributed by atoms with Crippen molar-refractivity contribution in [2.45, 2.75) is 32.6 Å². The van der Waals surface area contributed by atoms with Crippen LogP contribution in [0.15, 0.2) is 77.9 Å². The number of methoxy groups -OCH3 is 2. The van der Waals surface area contributed by atoms with Gasteiger partial charge in [-0.2, -0.15) is 0 Å². The quantitative estimate of drug-likeness (QED) is 0.278. The molecule has 10 nitrogen and oxygen atoms in total. The van der Waals surface area contributed by atoms with Crippen LogP contribution < -0.4 is 10.3 Å². The van der Waals surface area contributed by atoms with E-state index in [4.69, 9.17) is 9.47 Å². The highest BCUT2D eigenvalue weighted by Gasteiger charge is 2.31. The van der Waals surface area contributed by atoms with Gasteiger partial charge in [-0.15, -0.1) is 5.10 Å². The Kier molecular flexibility index (Phi) is 8.04. The Morgan fingerprint density at radius 2 is 1.85 bits per heavy atom. The number of nitrogens with one attached hydrogen (secondary N) is 1. The largest absolute Gasteiger partial charge is 0.497 e. The van der Waals surface area contributed by atoms with Crippen molar-refractivity contribution in [3.8, 4) is 5.75 Å². The third kappa shape index (κ3) is 6.02. The van der Waals surface area contributed by atoms with Crippen LogP contribution in [0, 0.1) is 6.92 Å². The number of rotatable bonds is 11. The van der Waals surface area contributed by atoms with Crippen LogP contribution in [0.4, 0.5) is 0 Å². The van der Waals surface area contributed by atoms with E-state index in [0.29, 0.717) is 37.6 Å². The average Bonchev–Trinajstić information content (AvgIpc) is 3.41. The molecule has 0 aliphatic heterocycles. The monoisotopic (exact) mass is 525 g/mol. The third-order valence-corrected chi connectivity index (χ3v) is 6.65. The van der Waals surface area contributed by atoms with Crippen LogP contribution in [-0.2, 0) is 24.4 Å². The number of fused-ring (bicyclic) bond motifs is 1. The van der Waals surface area contributed by atoms with Gasteiger partial charge in [-0.3, -0.25) is 14.7 Å². The highest BCUT2D eigenvalue weighted by molar-refractivity contribution is 5.79. The van der Waals surface area contributed by atoms with Gasteiger partial charge >= 0.3 is 0 Å². The Hall–Kier alpha value is -4.41. The molecule has 0 fully saturated rings. The zero-order valence-electron chi connectivity index (χ0n) is 22.2. The van der Waals surface area contributed by atoms with Crippen molar-refractivity contribution in [3.05, 3.63) is 111 Å². The lowest BCUT2D eigenvalue weighted by molar-refractivity contribution is 0.169. The minimum atomic E-state index is -0.561. The Balaban J connectivity index is 1.67. The molecule has 39 heavy (non-hydrogen) atoms. The average molecular weight is 526 g/mol. The van der Waals surface area contributed by atoms with Crippen LogP contribution in [0.5, 0.6) is 5.75 Å². The van der Waals surface area contributed by atoms with Crippen LogP contribution in [0.3, 0.4) is 0 Å². The summed E-state index contributed by atoms with van der Waals surface area (Å²) in [5.41, 5.74) is 4.27. The molecule has 1 atom stereocenters. The van der Waals surface area contributed by atoms with Gasteiger partial charge in [0.05, 0.1) is 20.3 Å². The van der Waals surface area contributed by atoms with Gasteiger partial charge < -0.3 is 14.5 Å². The molecule has 0 spiro atoms. The second kappa shape index (κ2) is 12.0. The Morgan fingerprint density at radius 3 is 2.59 bits per heavy atom. The highest BCUT2D eigenvalue weighted by Crippen LogP contribution is 2.30. The molecule has 1 N–H and O–H groups in total. The number of hydrogen-bond donors (Lipinski definition) is 1. The van der Waals surface area contributed by atoms with Crippen LogP contribution in [0.2, 0.25) is 0 Å². The fourth-order valence-electron chi connectivity index (χ4n) is 4.71. The minimum Gasteiger partial charge on any atom is -0.497 e. The van der Waals surface area contributed by atoms with E-state index < -0.39 is 6.04 Å². The molecule has 0 aliphatic rings. The van der Waals surface area contributed by atoms with Gasteiger partial charge in [-0.05, 0) is 69.8 Å². The number of aryl methyl sites for hydroxylation is 1. The SMILES string of the molecule is COCCn1nnnc1[C@H](c1cc2ccc(C)cc2[nH]c1=O)N(Cc1ccc(OC)cc1)Cc1cccnc1. The summed E-state index contributed by atoms with van der Waals surface area (Å²) in [6, 6.07) is 19.2. The first-order valence-corrected chi connectivity index (χ1v) is 12.7. The zero-order chi connectivity index (χ0) is 27.2. The molecular formula is C29H31N7O3. The molecule has 5 aromatic rings. The molecule has 0 saturated carbocycles. The molecule has 0 bridgehead atoms. The lowest BCUT2D eigenvalue weighted by Crippen LogP contribution is -2.35. The van der Waals surface area contributed by atoms with Crippen LogP contribution in [0.25, 0.3) is 10.9 Å². The van der Waals surface area contributed by atoms with Crippen molar-refractivity contribution < 1.29 is 9.47 Å². The predicted octanol–water partition coefficient (Wildman–Crippen LogP) is 3.66. The van der Waals surface area contributed by atoms with Gasteiger partial charge in [0.25, 0.3) is 5.56 Å². The molecule has 3 aromatic heterocycles.